The fourth-order valence-corrected chi connectivity index (χ4v) is 4.92. The van der Waals surface area contributed by atoms with Gasteiger partial charge < -0.3 is 10.7 Å². The van der Waals surface area contributed by atoms with E-state index in [1.807, 2.05) is 36.7 Å². The van der Waals surface area contributed by atoms with Gasteiger partial charge in [-0.05, 0) is 23.1 Å². The van der Waals surface area contributed by atoms with Crippen LogP contribution in [0.1, 0.15) is 19.4 Å². The van der Waals surface area contributed by atoms with Gasteiger partial charge in [-0.15, -0.1) is 21.5 Å². The topological polar surface area (TPSA) is 77.0 Å². The summed E-state index contributed by atoms with van der Waals surface area (Å²) in [6, 6.07) is 12.1. The number of carbonyl (C=O) groups is 1. The van der Waals surface area contributed by atoms with Crippen molar-refractivity contribution >= 4 is 34.6 Å². The molecule has 0 radical (unpaired) electrons. The number of nitrogens with zero attached hydrogens (tertiary/aromatic N) is 4. The number of para-hydroxylation sites is 1. The Balaban J connectivity index is 1.50. The summed E-state index contributed by atoms with van der Waals surface area (Å²) < 4.78 is 1.44. The van der Waals surface area contributed by atoms with Crippen molar-refractivity contribution in [3.63, 3.8) is 0 Å². The summed E-state index contributed by atoms with van der Waals surface area (Å²) in [6.07, 6.45) is 1.74. The highest BCUT2D eigenvalue weighted by molar-refractivity contribution is 7.99. The third-order valence-corrected chi connectivity index (χ3v) is 6.82. The number of benzene rings is 1. The number of aromatic nitrogens is 3. The van der Waals surface area contributed by atoms with E-state index >= 15 is 0 Å². The van der Waals surface area contributed by atoms with Gasteiger partial charge in [0.2, 0.25) is 5.16 Å². The molecule has 0 bridgehead atoms. The number of hydrogen-bond donors (Lipinski definition) is 1. The van der Waals surface area contributed by atoms with Crippen molar-refractivity contribution in [3.05, 3.63) is 59.1 Å². The van der Waals surface area contributed by atoms with Gasteiger partial charge in [0.1, 0.15) is 0 Å². The molecule has 1 aromatic carbocycles. The second-order valence-corrected chi connectivity index (χ2v) is 9.03. The van der Waals surface area contributed by atoms with Crippen LogP contribution in [0.25, 0.3) is 10.7 Å². The second-order valence-electron chi connectivity index (χ2n) is 7.14. The minimum absolute atomic E-state index is 0.0217. The summed E-state index contributed by atoms with van der Waals surface area (Å²) in [7, 11) is 2.00. The second kappa shape index (κ2) is 7.10. The van der Waals surface area contributed by atoms with Gasteiger partial charge in [0, 0.05) is 29.9 Å². The lowest BCUT2D eigenvalue weighted by Crippen LogP contribution is -2.24. The van der Waals surface area contributed by atoms with Gasteiger partial charge in [-0.2, -0.15) is 0 Å². The predicted octanol–water partition coefficient (Wildman–Crippen LogP) is 3.69. The Morgan fingerprint density at radius 1 is 1.25 bits per heavy atom. The molecule has 1 aliphatic heterocycles. The van der Waals surface area contributed by atoms with Crippen LogP contribution in [-0.2, 0) is 10.2 Å². The molecular formula is C20H21N5OS2. The zero-order valence-electron chi connectivity index (χ0n) is 15.9. The number of nitrogen functional groups attached to an aromatic ring is 1. The van der Waals surface area contributed by atoms with Crippen LogP contribution >= 0.6 is 23.1 Å². The molecule has 4 rings (SSSR count). The predicted molar refractivity (Wildman–Crippen MR) is 115 cm³/mol. The number of hydrogen-bond acceptors (Lipinski definition) is 7. The number of likely N-dealkylation sites (N-methyl/N-ethyl adjacent to an activating group) is 1. The highest BCUT2D eigenvalue weighted by Crippen LogP contribution is 2.46. The minimum Gasteiger partial charge on any atom is -0.347 e. The number of fused-ring (bicyclic) bond motifs is 1. The van der Waals surface area contributed by atoms with E-state index < -0.39 is 0 Å². The number of thioether (sulfide) groups is 1. The van der Waals surface area contributed by atoms with Crippen molar-refractivity contribution in [3.8, 4) is 10.7 Å². The largest absolute Gasteiger partial charge is 0.347 e. The molecule has 6 nitrogen and oxygen atoms in total. The van der Waals surface area contributed by atoms with Crippen LogP contribution in [-0.4, -0.2) is 33.5 Å². The summed E-state index contributed by atoms with van der Waals surface area (Å²) in [5, 5.41) is 10.8. The van der Waals surface area contributed by atoms with E-state index in [9.17, 15) is 4.79 Å². The molecule has 0 saturated carbocycles. The van der Waals surface area contributed by atoms with Crippen molar-refractivity contribution in [1.29, 1.82) is 0 Å². The standard InChI is InChI=1S/C20H21N5OS2/c1-20(2)14-7-4-5-8-15(14)24(3)17(20)11-13(26)12-28-19-23-22-18(25(19)21)16-9-6-10-27-16/h4-11H,12,21H2,1-3H3/b17-11-. The molecule has 0 unspecified atom stereocenters. The maximum Gasteiger partial charge on any atom is 0.210 e. The number of nitrogens with two attached hydrogens (primary N) is 1. The summed E-state index contributed by atoms with van der Waals surface area (Å²) in [4.78, 5) is 15.7. The van der Waals surface area contributed by atoms with Crippen LogP contribution < -0.4 is 10.7 Å². The van der Waals surface area contributed by atoms with Crippen LogP contribution in [0.5, 0.6) is 0 Å². The number of rotatable bonds is 5. The summed E-state index contributed by atoms with van der Waals surface area (Å²) in [6.45, 7) is 4.29. The van der Waals surface area contributed by atoms with Crippen LogP contribution in [0, 0.1) is 0 Å². The van der Waals surface area contributed by atoms with Gasteiger partial charge in [-0.3, -0.25) is 4.79 Å². The van der Waals surface area contributed by atoms with Crippen molar-refractivity contribution in [2.75, 3.05) is 23.5 Å². The monoisotopic (exact) mass is 411 g/mol. The minimum atomic E-state index is -0.216. The average molecular weight is 412 g/mol. The molecule has 0 fully saturated rings. The van der Waals surface area contributed by atoms with Crippen LogP contribution in [0.2, 0.25) is 0 Å². The molecule has 3 aromatic rings. The van der Waals surface area contributed by atoms with Crippen LogP contribution in [0.4, 0.5) is 5.69 Å². The van der Waals surface area contributed by atoms with E-state index in [4.69, 9.17) is 5.84 Å². The fourth-order valence-electron chi connectivity index (χ4n) is 3.54. The van der Waals surface area contributed by atoms with Crippen molar-refractivity contribution in [2.45, 2.75) is 24.4 Å². The molecule has 144 valence electrons. The Morgan fingerprint density at radius 3 is 2.75 bits per heavy atom. The molecule has 3 heterocycles. The molecule has 0 spiro atoms. The summed E-state index contributed by atoms with van der Waals surface area (Å²) >= 11 is 2.85. The number of ketones is 1. The molecule has 8 heteroatoms. The lowest BCUT2D eigenvalue weighted by atomic mass is 9.83. The highest BCUT2D eigenvalue weighted by Gasteiger charge is 2.38. The number of thiophene rings is 1. The first-order valence-electron chi connectivity index (χ1n) is 8.85. The maximum atomic E-state index is 12.7. The average Bonchev–Trinajstić information content (AvgIpc) is 3.37. The first-order chi connectivity index (χ1) is 13.4. The number of anilines is 1. The van der Waals surface area contributed by atoms with Gasteiger partial charge in [0.25, 0.3) is 0 Å². The molecule has 0 atom stereocenters. The molecule has 2 N–H and O–H groups in total. The molecule has 0 amide bonds. The lowest BCUT2D eigenvalue weighted by molar-refractivity contribution is -0.112. The van der Waals surface area contributed by atoms with Crippen LogP contribution in [0.15, 0.2) is 58.7 Å². The van der Waals surface area contributed by atoms with Crippen molar-refractivity contribution < 1.29 is 4.79 Å². The molecule has 1 aliphatic rings. The lowest BCUT2D eigenvalue weighted by Gasteiger charge is -2.23. The van der Waals surface area contributed by atoms with E-state index in [0.717, 1.165) is 16.3 Å². The quantitative estimate of drug-likeness (QED) is 0.392. The van der Waals surface area contributed by atoms with E-state index in [1.54, 1.807) is 17.4 Å². The van der Waals surface area contributed by atoms with Gasteiger partial charge in [-0.25, -0.2) is 4.68 Å². The molecule has 28 heavy (non-hydrogen) atoms. The Labute approximate surface area is 172 Å². The smallest absolute Gasteiger partial charge is 0.210 e. The Morgan fingerprint density at radius 2 is 2.04 bits per heavy atom. The fraction of sp³-hybridized carbons (Fsp3) is 0.250. The molecule has 2 aromatic heterocycles. The van der Waals surface area contributed by atoms with E-state index in [0.29, 0.717) is 11.0 Å². The Bertz CT molecular complexity index is 1050. The van der Waals surface area contributed by atoms with E-state index in [2.05, 4.69) is 41.1 Å². The normalized spacial score (nSPS) is 16.5. The van der Waals surface area contributed by atoms with Gasteiger partial charge in [-0.1, -0.05) is 49.9 Å². The SMILES string of the molecule is CN1/C(=C\C(=O)CSc2nnc(-c3cccs3)n2N)C(C)(C)c2ccccc21. The van der Waals surface area contributed by atoms with Crippen molar-refractivity contribution in [2.24, 2.45) is 0 Å². The van der Waals surface area contributed by atoms with Gasteiger partial charge >= 0.3 is 0 Å². The zero-order chi connectivity index (χ0) is 19.9. The summed E-state index contributed by atoms with van der Waals surface area (Å²) in [5.74, 6) is 6.99. The van der Waals surface area contributed by atoms with Crippen LogP contribution in [0.3, 0.4) is 0 Å². The first-order valence-corrected chi connectivity index (χ1v) is 10.7. The van der Waals surface area contributed by atoms with Gasteiger partial charge in [0.05, 0.1) is 10.6 Å². The number of allylic oxidation sites excluding steroid dienone is 2. The van der Waals surface area contributed by atoms with Gasteiger partial charge in [0.15, 0.2) is 11.6 Å². The Hall–Kier alpha value is -2.58. The Kier molecular flexibility index (Phi) is 4.76. The zero-order valence-corrected chi connectivity index (χ0v) is 17.5. The molecular weight excluding hydrogens is 390 g/mol. The van der Waals surface area contributed by atoms with Crippen molar-refractivity contribution in [1.82, 2.24) is 14.9 Å². The maximum absolute atomic E-state index is 12.7. The van der Waals surface area contributed by atoms with E-state index in [1.165, 1.54) is 22.0 Å². The highest BCUT2D eigenvalue weighted by atomic mass is 32.2. The third-order valence-electron chi connectivity index (χ3n) is 4.99. The molecule has 0 aliphatic carbocycles. The first kappa shape index (κ1) is 18.8. The molecule has 0 saturated heterocycles. The summed E-state index contributed by atoms with van der Waals surface area (Å²) in [5.41, 5.74) is 3.15. The number of carbonyl (C=O) groups excluding carboxylic acids is 1. The third kappa shape index (κ3) is 3.12. The van der Waals surface area contributed by atoms with E-state index in [-0.39, 0.29) is 17.0 Å².